The lowest BCUT2D eigenvalue weighted by Crippen LogP contribution is -2.29. The molecule has 0 saturated carbocycles. The molecular weight excluding hydrogens is 377 g/mol. The summed E-state index contributed by atoms with van der Waals surface area (Å²) in [5.74, 6) is -1.03. The normalized spacial score (nSPS) is 13.8. The van der Waals surface area contributed by atoms with E-state index in [1.807, 2.05) is 0 Å². The maximum atomic E-state index is 12.2. The van der Waals surface area contributed by atoms with Gasteiger partial charge in [-0.25, -0.2) is 0 Å². The van der Waals surface area contributed by atoms with E-state index >= 15 is 0 Å². The Kier molecular flexibility index (Phi) is 3.78. The zero-order valence-electron chi connectivity index (χ0n) is 10.6. The highest BCUT2D eigenvalue weighted by Gasteiger charge is 2.37. The molecule has 3 rings (SSSR count). The van der Waals surface area contributed by atoms with Crippen LogP contribution in [0.3, 0.4) is 0 Å². The third-order valence-electron chi connectivity index (χ3n) is 3.27. The van der Waals surface area contributed by atoms with Gasteiger partial charge in [0, 0.05) is 4.47 Å². The van der Waals surface area contributed by atoms with E-state index in [2.05, 4.69) is 15.9 Å². The van der Waals surface area contributed by atoms with Gasteiger partial charge in [-0.15, -0.1) is 0 Å². The molecule has 0 spiro atoms. The van der Waals surface area contributed by atoms with Crippen LogP contribution in [0.2, 0.25) is 10.0 Å². The van der Waals surface area contributed by atoms with Gasteiger partial charge in [-0.3, -0.25) is 14.5 Å². The lowest BCUT2D eigenvalue weighted by atomic mass is 10.1. The second kappa shape index (κ2) is 5.44. The second-order valence-electron chi connectivity index (χ2n) is 4.60. The quantitative estimate of drug-likeness (QED) is 0.715. The molecule has 0 aromatic heterocycles. The highest BCUT2D eigenvalue weighted by atomic mass is 79.9. The van der Waals surface area contributed by atoms with Crippen LogP contribution in [-0.4, -0.2) is 11.7 Å². The zero-order valence-corrected chi connectivity index (χ0v) is 13.7. The van der Waals surface area contributed by atoms with Crippen LogP contribution in [-0.2, 0) is 11.3 Å². The number of rotatable bonds is 2. The number of anilines is 1. The van der Waals surface area contributed by atoms with Crippen molar-refractivity contribution in [2.45, 2.75) is 6.54 Å². The summed E-state index contributed by atoms with van der Waals surface area (Å²) in [5, 5.41) is 0.866. The molecule has 1 aliphatic rings. The van der Waals surface area contributed by atoms with Crippen molar-refractivity contribution in [2.24, 2.45) is 0 Å². The Morgan fingerprint density at radius 2 is 1.81 bits per heavy atom. The number of hydrogen-bond donors (Lipinski definition) is 0. The van der Waals surface area contributed by atoms with Crippen LogP contribution in [0, 0.1) is 0 Å². The lowest BCUT2D eigenvalue weighted by molar-refractivity contribution is -0.114. The minimum absolute atomic E-state index is 0.261. The number of ketones is 1. The minimum atomic E-state index is -0.539. The summed E-state index contributed by atoms with van der Waals surface area (Å²) < 4.78 is 0.708. The number of halogens is 3. The first-order chi connectivity index (χ1) is 9.99. The van der Waals surface area contributed by atoms with E-state index < -0.39 is 11.7 Å². The van der Waals surface area contributed by atoms with Crippen LogP contribution in [0.1, 0.15) is 15.9 Å². The minimum Gasteiger partial charge on any atom is -0.299 e. The molecule has 0 bridgehead atoms. The summed E-state index contributed by atoms with van der Waals surface area (Å²) >= 11 is 15.3. The molecule has 0 unspecified atom stereocenters. The molecule has 1 amide bonds. The fraction of sp³-hybridized carbons (Fsp3) is 0.0667. The molecule has 0 atom stereocenters. The molecule has 0 aliphatic carbocycles. The lowest BCUT2D eigenvalue weighted by Gasteiger charge is -2.18. The highest BCUT2D eigenvalue weighted by Crippen LogP contribution is 2.37. The zero-order chi connectivity index (χ0) is 15.1. The van der Waals surface area contributed by atoms with E-state index in [9.17, 15) is 9.59 Å². The van der Waals surface area contributed by atoms with Gasteiger partial charge in [0.1, 0.15) is 0 Å². The Labute approximate surface area is 139 Å². The molecule has 2 aromatic rings. The number of benzene rings is 2. The topological polar surface area (TPSA) is 37.4 Å². The number of carbonyl (C=O) groups excluding carboxylic acids is 2. The molecule has 2 aromatic carbocycles. The van der Waals surface area contributed by atoms with Crippen LogP contribution in [0.15, 0.2) is 40.9 Å². The standard InChI is InChI=1S/C15H8BrCl2NO2/c16-10-3-1-2-9-13(10)19(15(21)14(9)20)7-8-4-5-11(17)12(18)6-8/h1-6H,7H2. The van der Waals surface area contributed by atoms with Crippen LogP contribution in [0.4, 0.5) is 5.69 Å². The fourth-order valence-electron chi connectivity index (χ4n) is 2.28. The van der Waals surface area contributed by atoms with Crippen LogP contribution in [0.5, 0.6) is 0 Å². The Morgan fingerprint density at radius 3 is 2.52 bits per heavy atom. The molecule has 21 heavy (non-hydrogen) atoms. The highest BCUT2D eigenvalue weighted by molar-refractivity contribution is 9.10. The molecule has 106 valence electrons. The van der Waals surface area contributed by atoms with Crippen molar-refractivity contribution in [1.29, 1.82) is 0 Å². The Morgan fingerprint density at radius 1 is 1.05 bits per heavy atom. The van der Waals surface area contributed by atoms with Gasteiger partial charge in [-0.1, -0.05) is 35.3 Å². The molecule has 6 heteroatoms. The second-order valence-corrected chi connectivity index (χ2v) is 6.27. The molecule has 0 N–H and O–H groups in total. The molecule has 1 aliphatic heterocycles. The number of fused-ring (bicyclic) bond motifs is 1. The average molecular weight is 385 g/mol. The van der Waals surface area contributed by atoms with Gasteiger partial charge in [0.05, 0.1) is 27.8 Å². The molecule has 0 fully saturated rings. The van der Waals surface area contributed by atoms with Gasteiger partial charge in [-0.2, -0.15) is 0 Å². The monoisotopic (exact) mass is 383 g/mol. The van der Waals surface area contributed by atoms with Crippen molar-refractivity contribution >= 4 is 56.5 Å². The van der Waals surface area contributed by atoms with Gasteiger partial charge in [0.2, 0.25) is 0 Å². The summed E-state index contributed by atoms with van der Waals surface area (Å²) in [4.78, 5) is 25.6. The Balaban J connectivity index is 2.02. The first-order valence-electron chi connectivity index (χ1n) is 6.07. The van der Waals surface area contributed by atoms with Crippen LogP contribution >= 0.6 is 39.1 Å². The first kappa shape index (κ1) is 14.6. The molecular formula is C15H8BrCl2NO2. The predicted octanol–water partition coefficient (Wildman–Crippen LogP) is 4.49. The largest absolute Gasteiger partial charge is 0.299 e. The van der Waals surface area contributed by atoms with E-state index in [0.717, 1.165) is 5.56 Å². The maximum absolute atomic E-state index is 12.2. The first-order valence-corrected chi connectivity index (χ1v) is 7.62. The van der Waals surface area contributed by atoms with Crippen LogP contribution in [0.25, 0.3) is 0 Å². The van der Waals surface area contributed by atoms with Crippen molar-refractivity contribution in [3.05, 3.63) is 62.0 Å². The van der Waals surface area contributed by atoms with Crippen molar-refractivity contribution in [1.82, 2.24) is 0 Å². The number of hydrogen-bond acceptors (Lipinski definition) is 2. The molecule has 1 heterocycles. The third-order valence-corrected chi connectivity index (χ3v) is 4.64. The van der Waals surface area contributed by atoms with Crippen molar-refractivity contribution in [2.75, 3.05) is 4.90 Å². The molecule has 0 saturated heterocycles. The maximum Gasteiger partial charge on any atom is 0.299 e. The summed E-state index contributed by atoms with van der Waals surface area (Å²) in [6.45, 7) is 0.261. The number of carbonyl (C=O) groups is 2. The SMILES string of the molecule is O=C1C(=O)N(Cc2ccc(Cl)c(Cl)c2)c2c(Br)cccc21. The fourth-order valence-corrected chi connectivity index (χ4v) is 3.18. The van der Waals surface area contributed by atoms with Gasteiger partial charge >= 0.3 is 0 Å². The Bertz CT molecular complexity index is 776. The summed E-state index contributed by atoms with van der Waals surface area (Å²) in [6.07, 6.45) is 0. The third kappa shape index (κ3) is 2.48. The summed E-state index contributed by atoms with van der Waals surface area (Å²) in [6, 6.07) is 10.3. The molecule has 0 radical (unpaired) electrons. The average Bonchev–Trinajstić information content (AvgIpc) is 2.69. The van der Waals surface area contributed by atoms with E-state index in [0.29, 0.717) is 25.8 Å². The van der Waals surface area contributed by atoms with E-state index in [1.165, 1.54) is 4.90 Å². The van der Waals surface area contributed by atoms with E-state index in [1.54, 1.807) is 36.4 Å². The van der Waals surface area contributed by atoms with E-state index in [4.69, 9.17) is 23.2 Å². The number of amides is 1. The summed E-state index contributed by atoms with van der Waals surface area (Å²) in [5.41, 5.74) is 1.81. The predicted molar refractivity (Wildman–Crippen MR) is 86.1 cm³/mol. The van der Waals surface area contributed by atoms with Crippen molar-refractivity contribution in [3.8, 4) is 0 Å². The van der Waals surface area contributed by atoms with Crippen molar-refractivity contribution < 1.29 is 9.59 Å². The number of nitrogens with zero attached hydrogens (tertiary/aromatic N) is 1. The van der Waals surface area contributed by atoms with Gasteiger partial charge in [0.25, 0.3) is 11.7 Å². The van der Waals surface area contributed by atoms with E-state index in [-0.39, 0.29) is 6.54 Å². The van der Waals surface area contributed by atoms with Crippen molar-refractivity contribution in [3.63, 3.8) is 0 Å². The van der Waals surface area contributed by atoms with Gasteiger partial charge in [-0.05, 0) is 45.8 Å². The molecule has 3 nitrogen and oxygen atoms in total. The Hall–Kier alpha value is -1.36. The smallest absolute Gasteiger partial charge is 0.299 e. The summed E-state index contributed by atoms with van der Waals surface area (Å²) in [7, 11) is 0. The number of para-hydroxylation sites is 1. The van der Waals surface area contributed by atoms with Gasteiger partial charge < -0.3 is 0 Å². The van der Waals surface area contributed by atoms with Gasteiger partial charge in [0.15, 0.2) is 0 Å². The van der Waals surface area contributed by atoms with Crippen LogP contribution < -0.4 is 4.90 Å². The number of Topliss-reactive ketones (excluding diaryl/α,β-unsaturated/α-hetero) is 1.